The summed E-state index contributed by atoms with van der Waals surface area (Å²) in [5.41, 5.74) is 6.32. The summed E-state index contributed by atoms with van der Waals surface area (Å²) in [6, 6.07) is 3.21. The van der Waals surface area contributed by atoms with E-state index in [2.05, 4.69) is 18.8 Å². The van der Waals surface area contributed by atoms with Gasteiger partial charge in [0.15, 0.2) is 0 Å². The number of pyridine rings is 1. The molecule has 2 N–H and O–H groups in total. The second-order valence-electron chi connectivity index (χ2n) is 3.97. The van der Waals surface area contributed by atoms with E-state index < -0.39 is 0 Å². The van der Waals surface area contributed by atoms with E-state index in [-0.39, 0.29) is 5.97 Å². The average molecular weight is 222 g/mol. The number of anilines is 1. The van der Waals surface area contributed by atoms with Crippen molar-refractivity contribution < 1.29 is 9.53 Å². The highest BCUT2D eigenvalue weighted by Crippen LogP contribution is 2.08. The van der Waals surface area contributed by atoms with Gasteiger partial charge < -0.3 is 10.5 Å². The van der Waals surface area contributed by atoms with Gasteiger partial charge in [-0.3, -0.25) is 0 Å². The maximum Gasteiger partial charge on any atom is 0.356 e. The van der Waals surface area contributed by atoms with Crippen LogP contribution in [0.3, 0.4) is 0 Å². The topological polar surface area (TPSA) is 65.2 Å². The van der Waals surface area contributed by atoms with Crippen molar-refractivity contribution in [2.45, 2.75) is 26.7 Å². The maximum atomic E-state index is 11.5. The van der Waals surface area contributed by atoms with Gasteiger partial charge in [-0.2, -0.15) is 0 Å². The zero-order valence-corrected chi connectivity index (χ0v) is 9.77. The van der Waals surface area contributed by atoms with Crippen molar-refractivity contribution in [3.05, 3.63) is 24.0 Å². The molecule has 1 heterocycles. The summed E-state index contributed by atoms with van der Waals surface area (Å²) >= 11 is 0. The first-order chi connectivity index (χ1) is 7.63. The number of nitrogen functional groups attached to an aromatic ring is 1. The number of carbonyl (C=O) groups excluding carboxylic acids is 1. The number of hydrogen-bond donors (Lipinski definition) is 1. The van der Waals surface area contributed by atoms with Crippen LogP contribution in [-0.2, 0) is 4.74 Å². The zero-order valence-electron chi connectivity index (χ0n) is 9.77. The molecule has 4 nitrogen and oxygen atoms in total. The Morgan fingerprint density at radius 2 is 2.31 bits per heavy atom. The molecule has 0 aromatic carbocycles. The van der Waals surface area contributed by atoms with E-state index in [0.29, 0.717) is 23.9 Å². The van der Waals surface area contributed by atoms with E-state index in [9.17, 15) is 4.79 Å². The largest absolute Gasteiger partial charge is 0.461 e. The quantitative estimate of drug-likeness (QED) is 0.776. The van der Waals surface area contributed by atoms with Gasteiger partial charge >= 0.3 is 5.97 Å². The number of hydrogen-bond acceptors (Lipinski definition) is 4. The number of carbonyl (C=O) groups is 1. The Bertz CT molecular complexity index is 335. The maximum absolute atomic E-state index is 11.5. The molecule has 0 aliphatic heterocycles. The summed E-state index contributed by atoms with van der Waals surface area (Å²) in [5, 5.41) is 0. The summed E-state index contributed by atoms with van der Waals surface area (Å²) in [6.45, 7) is 4.62. The third-order valence-corrected chi connectivity index (χ3v) is 2.28. The lowest BCUT2D eigenvalue weighted by Crippen LogP contribution is -2.13. The van der Waals surface area contributed by atoms with Crippen LogP contribution in [0.5, 0.6) is 0 Å². The molecular formula is C12H18N2O2. The van der Waals surface area contributed by atoms with Crippen LogP contribution in [0.15, 0.2) is 18.3 Å². The van der Waals surface area contributed by atoms with Gasteiger partial charge in [0.1, 0.15) is 5.69 Å². The molecule has 88 valence electrons. The Labute approximate surface area is 95.8 Å². The third kappa shape index (κ3) is 3.88. The highest BCUT2D eigenvalue weighted by molar-refractivity contribution is 5.87. The van der Waals surface area contributed by atoms with Crippen molar-refractivity contribution in [3.63, 3.8) is 0 Å². The molecule has 4 heteroatoms. The number of ether oxygens (including phenoxy) is 1. The number of nitrogens with two attached hydrogens (primary N) is 1. The fraction of sp³-hybridized carbons (Fsp3) is 0.500. The van der Waals surface area contributed by atoms with Gasteiger partial charge in [0.2, 0.25) is 0 Å². The van der Waals surface area contributed by atoms with Gasteiger partial charge in [0, 0.05) is 0 Å². The van der Waals surface area contributed by atoms with Crippen molar-refractivity contribution in [1.29, 1.82) is 0 Å². The second kappa shape index (κ2) is 6.10. The molecular weight excluding hydrogens is 204 g/mol. The Balaban J connectivity index is 2.43. The minimum atomic E-state index is -0.386. The lowest BCUT2D eigenvalue weighted by Gasteiger charge is -2.10. The molecule has 0 saturated heterocycles. The first-order valence-corrected chi connectivity index (χ1v) is 5.52. The molecule has 1 rings (SSSR count). The smallest absolute Gasteiger partial charge is 0.356 e. The molecule has 0 spiro atoms. The van der Waals surface area contributed by atoms with E-state index in [1.54, 1.807) is 12.1 Å². The highest BCUT2D eigenvalue weighted by Gasteiger charge is 2.10. The van der Waals surface area contributed by atoms with Gasteiger partial charge in [0.05, 0.1) is 18.5 Å². The van der Waals surface area contributed by atoms with Crippen molar-refractivity contribution in [2.24, 2.45) is 5.92 Å². The van der Waals surface area contributed by atoms with E-state index in [0.717, 1.165) is 12.8 Å². The van der Waals surface area contributed by atoms with Crippen molar-refractivity contribution in [1.82, 2.24) is 4.98 Å². The van der Waals surface area contributed by atoms with E-state index >= 15 is 0 Å². The van der Waals surface area contributed by atoms with E-state index in [1.165, 1.54) is 6.20 Å². The second-order valence-corrected chi connectivity index (χ2v) is 3.97. The summed E-state index contributed by atoms with van der Waals surface area (Å²) in [7, 11) is 0. The first-order valence-electron chi connectivity index (χ1n) is 5.52. The first kappa shape index (κ1) is 12.5. The molecule has 1 atom stereocenters. The molecule has 16 heavy (non-hydrogen) atoms. The van der Waals surface area contributed by atoms with Crippen molar-refractivity contribution in [2.75, 3.05) is 12.3 Å². The number of esters is 1. The SMILES string of the molecule is CCCC(C)COC(=O)c1ccc(N)cn1. The van der Waals surface area contributed by atoms with Gasteiger partial charge in [-0.1, -0.05) is 20.3 Å². The Morgan fingerprint density at radius 1 is 1.56 bits per heavy atom. The predicted octanol–water partition coefficient (Wildman–Crippen LogP) is 2.26. The average Bonchev–Trinajstić information content (AvgIpc) is 2.27. The van der Waals surface area contributed by atoms with Crippen molar-refractivity contribution in [3.8, 4) is 0 Å². The molecule has 0 fully saturated rings. The van der Waals surface area contributed by atoms with Gasteiger partial charge in [-0.05, 0) is 24.5 Å². The monoisotopic (exact) mass is 222 g/mol. The van der Waals surface area contributed by atoms with Crippen LogP contribution in [-0.4, -0.2) is 17.6 Å². The Hall–Kier alpha value is -1.58. The van der Waals surface area contributed by atoms with Crippen LogP contribution in [0.1, 0.15) is 37.2 Å². The molecule has 0 amide bonds. The minimum Gasteiger partial charge on any atom is -0.461 e. The molecule has 0 radical (unpaired) electrons. The van der Waals surface area contributed by atoms with Crippen LogP contribution in [0.2, 0.25) is 0 Å². The molecule has 0 aliphatic rings. The van der Waals surface area contributed by atoms with Gasteiger partial charge in [-0.25, -0.2) is 9.78 Å². The van der Waals surface area contributed by atoms with Crippen LogP contribution < -0.4 is 5.73 Å². The van der Waals surface area contributed by atoms with E-state index in [4.69, 9.17) is 10.5 Å². The molecule has 0 saturated carbocycles. The van der Waals surface area contributed by atoms with Crippen LogP contribution >= 0.6 is 0 Å². The molecule has 0 bridgehead atoms. The fourth-order valence-electron chi connectivity index (χ4n) is 1.39. The predicted molar refractivity (Wildman–Crippen MR) is 63.0 cm³/mol. The summed E-state index contributed by atoms with van der Waals surface area (Å²) < 4.78 is 5.14. The zero-order chi connectivity index (χ0) is 12.0. The number of aromatic nitrogens is 1. The standard InChI is InChI=1S/C12H18N2O2/c1-3-4-9(2)8-16-12(15)11-6-5-10(13)7-14-11/h5-7,9H,3-4,8,13H2,1-2H3. The van der Waals surface area contributed by atoms with Crippen LogP contribution in [0.4, 0.5) is 5.69 Å². The normalized spacial score (nSPS) is 12.1. The Morgan fingerprint density at radius 3 is 2.88 bits per heavy atom. The van der Waals surface area contributed by atoms with Gasteiger partial charge in [0.25, 0.3) is 0 Å². The molecule has 1 unspecified atom stereocenters. The molecule has 0 aliphatic carbocycles. The summed E-state index contributed by atoms with van der Waals surface area (Å²) in [5.74, 6) is 0.00526. The van der Waals surface area contributed by atoms with Gasteiger partial charge in [-0.15, -0.1) is 0 Å². The number of rotatable bonds is 5. The minimum absolute atomic E-state index is 0.304. The third-order valence-electron chi connectivity index (χ3n) is 2.28. The van der Waals surface area contributed by atoms with Crippen LogP contribution in [0.25, 0.3) is 0 Å². The summed E-state index contributed by atoms with van der Waals surface area (Å²) in [4.78, 5) is 15.4. The van der Waals surface area contributed by atoms with E-state index in [1.807, 2.05) is 0 Å². The summed E-state index contributed by atoms with van der Waals surface area (Å²) in [6.07, 6.45) is 3.60. The molecule has 1 aromatic rings. The van der Waals surface area contributed by atoms with Crippen molar-refractivity contribution >= 4 is 11.7 Å². The van der Waals surface area contributed by atoms with Crippen LogP contribution in [0, 0.1) is 5.92 Å². The lowest BCUT2D eigenvalue weighted by molar-refractivity contribution is 0.0437. The Kier molecular flexibility index (Phi) is 4.76. The number of nitrogens with zero attached hydrogens (tertiary/aromatic N) is 1. The molecule has 1 aromatic heterocycles. The highest BCUT2D eigenvalue weighted by atomic mass is 16.5. The lowest BCUT2D eigenvalue weighted by atomic mass is 10.1. The fourth-order valence-corrected chi connectivity index (χ4v) is 1.39.